The molecule has 2 aromatic rings. The first kappa shape index (κ1) is 21.7. The Morgan fingerprint density at radius 3 is 2.10 bits per heavy atom. The van der Waals surface area contributed by atoms with Crippen molar-refractivity contribution in [3.63, 3.8) is 0 Å². The van der Waals surface area contributed by atoms with Gasteiger partial charge >= 0.3 is 12.1 Å². The Kier molecular flexibility index (Phi) is 6.48. The molecule has 0 atom stereocenters. The molecule has 0 radical (unpaired) electrons. The van der Waals surface area contributed by atoms with Gasteiger partial charge in [-0.3, -0.25) is 4.79 Å². The molecule has 8 nitrogen and oxygen atoms in total. The summed E-state index contributed by atoms with van der Waals surface area (Å²) in [6, 6.07) is 10.9. The van der Waals surface area contributed by atoms with Crippen molar-refractivity contribution in [2.24, 2.45) is 0 Å². The second kappa shape index (κ2) is 8.64. The summed E-state index contributed by atoms with van der Waals surface area (Å²) in [6.07, 6.45) is -0.506. The molecule has 5 N–H and O–H groups in total. The van der Waals surface area contributed by atoms with E-state index in [1.807, 2.05) is 0 Å². The maximum Gasteiger partial charge on any atom is 0.417 e. The first-order chi connectivity index (χ1) is 13.5. The fourth-order valence-corrected chi connectivity index (χ4v) is 2.59. The van der Waals surface area contributed by atoms with Crippen LogP contribution in [0.5, 0.6) is 0 Å². The molecular formula is C21H25N3O5. The Bertz CT molecular complexity index is 917. The van der Waals surface area contributed by atoms with Crippen molar-refractivity contribution >= 4 is 29.3 Å². The molecule has 2 aromatic carbocycles. The number of hydrogen-bond donors (Lipinski definition) is 3. The van der Waals surface area contributed by atoms with E-state index in [4.69, 9.17) is 16.2 Å². The predicted octanol–water partition coefficient (Wildman–Crippen LogP) is 3.17. The summed E-state index contributed by atoms with van der Waals surface area (Å²) in [7, 11) is 0. The molecule has 0 saturated heterocycles. The predicted molar refractivity (Wildman–Crippen MR) is 110 cm³/mol. The van der Waals surface area contributed by atoms with Crippen LogP contribution in [0, 0.1) is 0 Å². The summed E-state index contributed by atoms with van der Waals surface area (Å²) in [4.78, 5) is 38.2. The zero-order valence-electron chi connectivity index (χ0n) is 16.6. The number of benzene rings is 2. The topological polar surface area (TPSA) is 136 Å². The van der Waals surface area contributed by atoms with E-state index in [9.17, 15) is 19.5 Å². The number of hydrogen-bond acceptors (Lipinski definition) is 6. The monoisotopic (exact) mass is 399 g/mol. The lowest BCUT2D eigenvalue weighted by Crippen LogP contribution is -2.42. The number of nitrogen functional groups attached to an aromatic ring is 2. The third-order valence-corrected chi connectivity index (χ3v) is 3.97. The van der Waals surface area contributed by atoms with Crippen LogP contribution in [0.15, 0.2) is 42.5 Å². The van der Waals surface area contributed by atoms with Crippen molar-refractivity contribution in [1.29, 1.82) is 0 Å². The van der Waals surface area contributed by atoms with E-state index in [-0.39, 0.29) is 23.4 Å². The van der Waals surface area contributed by atoms with Crippen LogP contribution in [0.4, 0.5) is 16.2 Å². The summed E-state index contributed by atoms with van der Waals surface area (Å²) in [5, 5.41) is 9.43. The van der Waals surface area contributed by atoms with E-state index < -0.39 is 23.6 Å². The highest BCUT2D eigenvalue weighted by atomic mass is 16.6. The minimum atomic E-state index is -1.32. The van der Waals surface area contributed by atoms with E-state index in [0.29, 0.717) is 12.1 Å². The van der Waals surface area contributed by atoms with Crippen LogP contribution in [0.1, 0.15) is 47.1 Å². The largest absolute Gasteiger partial charge is 0.478 e. The van der Waals surface area contributed by atoms with Gasteiger partial charge in [-0.1, -0.05) is 12.1 Å². The third-order valence-electron chi connectivity index (χ3n) is 3.97. The first-order valence-electron chi connectivity index (χ1n) is 9.00. The van der Waals surface area contributed by atoms with Crippen molar-refractivity contribution in [2.75, 3.05) is 18.0 Å². The van der Waals surface area contributed by atoms with Crippen molar-refractivity contribution in [3.8, 4) is 0 Å². The van der Waals surface area contributed by atoms with E-state index in [1.54, 1.807) is 45.0 Å². The van der Waals surface area contributed by atoms with Crippen LogP contribution in [0.25, 0.3) is 0 Å². The molecule has 0 unspecified atom stereocenters. The molecule has 29 heavy (non-hydrogen) atoms. The maximum atomic E-state index is 13.1. The molecule has 0 bridgehead atoms. The van der Waals surface area contributed by atoms with Crippen molar-refractivity contribution in [1.82, 2.24) is 4.90 Å². The number of nitrogens with two attached hydrogens (primary N) is 2. The number of ether oxygens (including phenoxy) is 1. The van der Waals surface area contributed by atoms with E-state index >= 15 is 0 Å². The molecule has 2 rings (SSSR count). The van der Waals surface area contributed by atoms with Gasteiger partial charge in [0.05, 0.1) is 11.1 Å². The van der Waals surface area contributed by atoms with E-state index in [2.05, 4.69) is 0 Å². The molecule has 0 saturated carbocycles. The van der Waals surface area contributed by atoms with Gasteiger partial charge in [0.25, 0.3) is 5.91 Å². The van der Waals surface area contributed by atoms with Gasteiger partial charge in [-0.15, -0.1) is 0 Å². The van der Waals surface area contributed by atoms with Gasteiger partial charge in [0, 0.05) is 17.9 Å². The number of aromatic carboxylic acids is 1. The first-order valence-corrected chi connectivity index (χ1v) is 9.00. The summed E-state index contributed by atoms with van der Waals surface area (Å²) in [6.45, 7) is 5.04. The minimum absolute atomic E-state index is 0.00109. The fourth-order valence-electron chi connectivity index (χ4n) is 2.59. The lowest BCUT2D eigenvalue weighted by molar-refractivity contribution is 0.0241. The van der Waals surface area contributed by atoms with Crippen LogP contribution in [0.3, 0.4) is 0 Å². The smallest absolute Gasteiger partial charge is 0.417 e. The van der Waals surface area contributed by atoms with Gasteiger partial charge in [0.2, 0.25) is 0 Å². The van der Waals surface area contributed by atoms with Gasteiger partial charge in [-0.05, 0) is 63.1 Å². The minimum Gasteiger partial charge on any atom is -0.478 e. The van der Waals surface area contributed by atoms with Gasteiger partial charge < -0.3 is 21.3 Å². The van der Waals surface area contributed by atoms with Gasteiger partial charge in [-0.2, -0.15) is 0 Å². The van der Waals surface area contributed by atoms with Crippen LogP contribution in [-0.4, -0.2) is 40.1 Å². The fraction of sp³-hybridized carbons (Fsp3) is 0.286. The van der Waals surface area contributed by atoms with Crippen LogP contribution in [-0.2, 0) is 11.2 Å². The van der Waals surface area contributed by atoms with E-state index in [0.717, 1.165) is 10.5 Å². The summed E-state index contributed by atoms with van der Waals surface area (Å²) in [5.41, 5.74) is 11.7. The molecule has 0 heterocycles. The molecule has 0 fully saturated rings. The number of anilines is 2. The number of nitrogens with zero attached hydrogens (tertiary/aromatic N) is 1. The molecular weight excluding hydrogens is 374 g/mol. The average molecular weight is 399 g/mol. The molecule has 154 valence electrons. The second-order valence-electron chi connectivity index (χ2n) is 7.54. The third kappa shape index (κ3) is 5.97. The van der Waals surface area contributed by atoms with Crippen molar-refractivity contribution < 1.29 is 24.2 Å². The molecule has 0 aliphatic rings. The van der Waals surface area contributed by atoms with Crippen LogP contribution < -0.4 is 11.5 Å². The zero-order valence-corrected chi connectivity index (χ0v) is 16.6. The quantitative estimate of drug-likeness (QED) is 0.657. The highest BCUT2D eigenvalue weighted by Crippen LogP contribution is 2.19. The van der Waals surface area contributed by atoms with Gasteiger partial charge in [-0.25, -0.2) is 14.5 Å². The number of carboxylic acid groups (broad SMARTS) is 1. The Hall–Kier alpha value is -3.55. The number of carboxylic acids is 1. The lowest BCUT2D eigenvalue weighted by Gasteiger charge is -2.26. The number of carbonyl (C=O) groups excluding carboxylic acids is 2. The highest BCUT2D eigenvalue weighted by Gasteiger charge is 2.30. The second-order valence-corrected chi connectivity index (χ2v) is 7.54. The van der Waals surface area contributed by atoms with Crippen LogP contribution >= 0.6 is 0 Å². The average Bonchev–Trinajstić information content (AvgIpc) is 2.61. The molecule has 0 aliphatic carbocycles. The maximum absolute atomic E-state index is 13.1. The Balaban J connectivity index is 2.35. The highest BCUT2D eigenvalue weighted by molar-refractivity contribution is 6.09. The molecule has 8 heteroatoms. The number of rotatable bonds is 5. The Morgan fingerprint density at radius 2 is 1.55 bits per heavy atom. The summed E-state index contributed by atoms with van der Waals surface area (Å²) >= 11 is 0. The molecule has 0 aliphatic heterocycles. The number of imide groups is 1. The summed E-state index contributed by atoms with van der Waals surface area (Å²) < 4.78 is 5.35. The van der Waals surface area contributed by atoms with Crippen molar-refractivity contribution in [3.05, 3.63) is 59.2 Å². The lowest BCUT2D eigenvalue weighted by atomic mass is 10.0. The standard InChI is InChI=1S/C21H25N3O5/c1-21(2,3)29-20(28)24(11-10-13-4-6-14(22)7-5-13)18(25)16-9-8-15(23)12-17(16)19(26)27/h4-9,12H,10-11,22-23H2,1-3H3,(H,26,27). The SMILES string of the molecule is CC(C)(C)OC(=O)N(CCc1ccc(N)cc1)C(=O)c1ccc(N)cc1C(=O)O. The van der Waals surface area contributed by atoms with Crippen LogP contribution in [0.2, 0.25) is 0 Å². The Labute approximate surface area is 169 Å². The number of carbonyl (C=O) groups is 3. The van der Waals surface area contributed by atoms with Gasteiger partial charge in [0.1, 0.15) is 5.60 Å². The molecule has 2 amide bonds. The molecule has 0 aromatic heterocycles. The zero-order chi connectivity index (χ0) is 21.8. The van der Waals surface area contributed by atoms with E-state index in [1.165, 1.54) is 18.2 Å². The Morgan fingerprint density at radius 1 is 0.966 bits per heavy atom. The van der Waals surface area contributed by atoms with Gasteiger partial charge in [0.15, 0.2) is 0 Å². The normalized spacial score (nSPS) is 11.0. The van der Waals surface area contributed by atoms with Crippen molar-refractivity contribution in [2.45, 2.75) is 32.8 Å². The summed E-state index contributed by atoms with van der Waals surface area (Å²) in [5.74, 6) is -2.09. The molecule has 0 spiro atoms. The number of amides is 2.